The van der Waals surface area contributed by atoms with Crippen LogP contribution in [0.25, 0.3) is 11.1 Å². The largest absolute Gasteiger partial charge is 0.331 e. The molecule has 7 heteroatoms. The zero-order valence-electron chi connectivity index (χ0n) is 15.6. The van der Waals surface area contributed by atoms with Crippen LogP contribution in [0.4, 0.5) is 0 Å². The zero-order chi connectivity index (χ0) is 20.3. The fourth-order valence-electron chi connectivity index (χ4n) is 3.35. The minimum absolute atomic E-state index is 0.0685. The first kappa shape index (κ1) is 19.5. The Labute approximate surface area is 174 Å². The van der Waals surface area contributed by atoms with E-state index in [1.165, 1.54) is 5.41 Å². The van der Waals surface area contributed by atoms with Crippen LogP contribution in [0.5, 0.6) is 0 Å². The maximum atomic E-state index is 13.1. The van der Waals surface area contributed by atoms with Gasteiger partial charge in [0.2, 0.25) is 5.91 Å². The Kier molecular flexibility index (Phi) is 5.60. The molecule has 29 heavy (non-hydrogen) atoms. The molecule has 1 aliphatic heterocycles. The molecule has 3 aromatic rings. The molecule has 0 radical (unpaired) electrons. The average Bonchev–Trinajstić information content (AvgIpc) is 3.37. The van der Waals surface area contributed by atoms with Gasteiger partial charge in [0.05, 0.1) is 18.2 Å². The summed E-state index contributed by atoms with van der Waals surface area (Å²) in [6.07, 6.45) is 5.16. The predicted octanol–water partition coefficient (Wildman–Crippen LogP) is 3.69. The molecule has 0 fully saturated rings. The Hall–Kier alpha value is -2.77. The number of carbonyl (C=O) groups is 1. The number of thiophene rings is 1. The van der Waals surface area contributed by atoms with E-state index in [4.69, 9.17) is 0 Å². The summed E-state index contributed by atoms with van der Waals surface area (Å²) in [5, 5.41) is 5.33. The standard InChI is InChI=1S/C22H20N2O3S2/c25-22(13-17-1-3-19(4-2-17)20-7-11-28-15-20)24(14-18-5-9-23-10-6-18)21-8-12-29(26,27)16-21/h1-12,15,21H,13-14,16H2. The highest BCUT2D eigenvalue weighted by molar-refractivity contribution is 7.94. The fraction of sp³-hybridized carbons (Fsp3) is 0.182. The van der Waals surface area contributed by atoms with Gasteiger partial charge in [-0.15, -0.1) is 0 Å². The van der Waals surface area contributed by atoms with Gasteiger partial charge in [-0.1, -0.05) is 24.3 Å². The second-order valence-electron chi connectivity index (χ2n) is 6.99. The third-order valence-corrected chi connectivity index (χ3v) is 6.96. The Morgan fingerprint density at radius 1 is 1.03 bits per heavy atom. The van der Waals surface area contributed by atoms with Gasteiger partial charge in [0.15, 0.2) is 9.84 Å². The van der Waals surface area contributed by atoms with Crippen molar-refractivity contribution in [3.63, 3.8) is 0 Å². The molecule has 0 N–H and O–H groups in total. The summed E-state index contributed by atoms with van der Waals surface area (Å²) in [5.41, 5.74) is 4.09. The normalized spacial score (nSPS) is 17.3. The lowest BCUT2D eigenvalue weighted by molar-refractivity contribution is -0.132. The number of hydrogen-bond donors (Lipinski definition) is 0. The molecule has 5 nitrogen and oxygen atoms in total. The third kappa shape index (κ3) is 4.81. The van der Waals surface area contributed by atoms with Crippen LogP contribution in [0, 0.1) is 0 Å². The van der Waals surface area contributed by atoms with Crippen molar-refractivity contribution in [2.24, 2.45) is 0 Å². The van der Waals surface area contributed by atoms with E-state index in [1.807, 2.05) is 41.8 Å². The molecule has 0 saturated carbocycles. The molecule has 1 aromatic carbocycles. The molecule has 1 aliphatic rings. The maximum Gasteiger partial charge on any atom is 0.227 e. The second kappa shape index (κ2) is 8.31. The van der Waals surface area contributed by atoms with E-state index in [0.717, 1.165) is 22.3 Å². The van der Waals surface area contributed by atoms with E-state index in [2.05, 4.69) is 16.4 Å². The summed E-state index contributed by atoms with van der Waals surface area (Å²) in [4.78, 5) is 18.8. The summed E-state index contributed by atoms with van der Waals surface area (Å²) >= 11 is 1.65. The molecule has 0 bridgehead atoms. The third-order valence-electron chi connectivity index (χ3n) is 4.90. The Bertz CT molecular complexity index is 1110. The number of aromatic nitrogens is 1. The number of rotatable bonds is 6. The lowest BCUT2D eigenvalue weighted by atomic mass is 10.0. The van der Waals surface area contributed by atoms with Crippen molar-refractivity contribution in [1.82, 2.24) is 9.88 Å². The first-order valence-electron chi connectivity index (χ1n) is 9.21. The molecule has 1 atom stereocenters. The molecule has 2 aromatic heterocycles. The molecule has 0 aliphatic carbocycles. The van der Waals surface area contributed by atoms with Crippen molar-refractivity contribution in [1.29, 1.82) is 0 Å². The van der Waals surface area contributed by atoms with Crippen LogP contribution in [0.15, 0.2) is 77.1 Å². The van der Waals surface area contributed by atoms with Crippen molar-refractivity contribution >= 4 is 27.1 Å². The van der Waals surface area contributed by atoms with Crippen molar-refractivity contribution < 1.29 is 13.2 Å². The van der Waals surface area contributed by atoms with Gasteiger partial charge in [-0.05, 0) is 57.3 Å². The molecule has 148 valence electrons. The quantitative estimate of drug-likeness (QED) is 0.605. The molecule has 3 heterocycles. The van der Waals surface area contributed by atoms with E-state index in [0.29, 0.717) is 6.54 Å². The van der Waals surface area contributed by atoms with Gasteiger partial charge >= 0.3 is 0 Å². The number of benzene rings is 1. The Morgan fingerprint density at radius 3 is 2.41 bits per heavy atom. The average molecular weight is 425 g/mol. The van der Waals surface area contributed by atoms with Crippen LogP contribution in [-0.2, 0) is 27.6 Å². The zero-order valence-corrected chi connectivity index (χ0v) is 17.3. The van der Waals surface area contributed by atoms with Crippen LogP contribution in [-0.4, -0.2) is 36.0 Å². The molecule has 4 rings (SSSR count). The number of hydrogen-bond acceptors (Lipinski definition) is 5. The Morgan fingerprint density at radius 2 is 1.79 bits per heavy atom. The SMILES string of the molecule is O=C(Cc1ccc(-c2ccsc2)cc1)N(Cc1ccncc1)C1C=CS(=O)(=O)C1. The van der Waals surface area contributed by atoms with Crippen molar-refractivity contribution in [3.8, 4) is 11.1 Å². The van der Waals surface area contributed by atoms with Crippen LogP contribution >= 0.6 is 11.3 Å². The molecular formula is C22H20N2O3S2. The minimum Gasteiger partial charge on any atom is -0.331 e. The number of pyridine rings is 1. The fourth-order valence-corrected chi connectivity index (χ4v) is 5.31. The summed E-state index contributed by atoms with van der Waals surface area (Å²) in [6, 6.07) is 13.2. The monoisotopic (exact) mass is 424 g/mol. The van der Waals surface area contributed by atoms with E-state index in [9.17, 15) is 13.2 Å². The van der Waals surface area contributed by atoms with E-state index >= 15 is 0 Å². The van der Waals surface area contributed by atoms with Crippen LogP contribution in [0.3, 0.4) is 0 Å². The van der Waals surface area contributed by atoms with Gasteiger partial charge in [-0.3, -0.25) is 9.78 Å². The van der Waals surface area contributed by atoms with Crippen LogP contribution < -0.4 is 0 Å². The van der Waals surface area contributed by atoms with Crippen molar-refractivity contribution in [2.45, 2.75) is 19.0 Å². The van der Waals surface area contributed by atoms with Crippen LogP contribution in [0.1, 0.15) is 11.1 Å². The predicted molar refractivity (Wildman–Crippen MR) is 115 cm³/mol. The topological polar surface area (TPSA) is 67.3 Å². The first-order chi connectivity index (χ1) is 14.0. The van der Waals surface area contributed by atoms with Gasteiger partial charge < -0.3 is 4.90 Å². The molecule has 1 unspecified atom stereocenters. The van der Waals surface area contributed by atoms with E-state index in [1.54, 1.807) is 34.7 Å². The lowest BCUT2D eigenvalue weighted by Crippen LogP contribution is -2.41. The summed E-state index contributed by atoms with van der Waals surface area (Å²) < 4.78 is 23.8. The highest BCUT2D eigenvalue weighted by atomic mass is 32.2. The summed E-state index contributed by atoms with van der Waals surface area (Å²) in [6.45, 7) is 0.346. The second-order valence-corrected chi connectivity index (χ2v) is 9.70. The highest BCUT2D eigenvalue weighted by Crippen LogP contribution is 2.23. The number of amides is 1. The van der Waals surface area contributed by atoms with Crippen LogP contribution in [0.2, 0.25) is 0 Å². The minimum atomic E-state index is -3.26. The molecule has 0 saturated heterocycles. The van der Waals surface area contributed by atoms with Gasteiger partial charge in [-0.25, -0.2) is 8.42 Å². The Balaban J connectivity index is 1.52. The highest BCUT2D eigenvalue weighted by Gasteiger charge is 2.30. The number of nitrogens with zero attached hydrogens (tertiary/aromatic N) is 2. The van der Waals surface area contributed by atoms with Gasteiger partial charge in [0.1, 0.15) is 0 Å². The van der Waals surface area contributed by atoms with E-state index in [-0.39, 0.29) is 18.1 Å². The van der Waals surface area contributed by atoms with Crippen molar-refractivity contribution in [3.05, 3.63) is 88.2 Å². The maximum absolute atomic E-state index is 13.1. The molecule has 1 amide bonds. The van der Waals surface area contributed by atoms with Crippen molar-refractivity contribution in [2.75, 3.05) is 5.75 Å². The summed E-state index contributed by atoms with van der Waals surface area (Å²) in [7, 11) is -3.26. The van der Waals surface area contributed by atoms with Gasteiger partial charge in [-0.2, -0.15) is 11.3 Å². The van der Waals surface area contributed by atoms with Gasteiger partial charge in [0.25, 0.3) is 0 Å². The van der Waals surface area contributed by atoms with E-state index < -0.39 is 15.9 Å². The molecule has 0 spiro atoms. The molecular weight excluding hydrogens is 404 g/mol. The first-order valence-corrected chi connectivity index (χ1v) is 11.9. The lowest BCUT2D eigenvalue weighted by Gasteiger charge is -2.28. The van der Waals surface area contributed by atoms with Gasteiger partial charge in [0, 0.05) is 24.3 Å². The number of carbonyl (C=O) groups excluding carboxylic acids is 1. The number of sulfone groups is 1. The summed E-state index contributed by atoms with van der Waals surface area (Å²) in [5.74, 6) is -0.169. The smallest absolute Gasteiger partial charge is 0.227 e.